The van der Waals surface area contributed by atoms with Gasteiger partial charge in [-0.15, -0.1) is 0 Å². The first kappa shape index (κ1) is 15.6. The minimum atomic E-state index is -3.78. The molecule has 0 aliphatic rings. The van der Waals surface area contributed by atoms with E-state index in [9.17, 15) is 8.42 Å². The summed E-state index contributed by atoms with van der Waals surface area (Å²) in [6.07, 6.45) is 0. The van der Waals surface area contributed by atoms with Crippen molar-refractivity contribution in [2.24, 2.45) is 0 Å². The summed E-state index contributed by atoms with van der Waals surface area (Å²) in [4.78, 5) is 0. The molecule has 0 radical (unpaired) electrons. The van der Waals surface area contributed by atoms with Crippen LogP contribution in [0.4, 0.5) is 5.69 Å². The molecule has 1 aromatic heterocycles. The van der Waals surface area contributed by atoms with E-state index < -0.39 is 10.0 Å². The zero-order valence-electron chi connectivity index (χ0n) is 12.3. The number of nitrogens with one attached hydrogen (secondary N) is 1. The predicted molar refractivity (Wildman–Crippen MR) is 80.6 cm³/mol. The topological polar surface area (TPSA) is 79.5 Å². The van der Waals surface area contributed by atoms with Gasteiger partial charge in [-0.2, -0.15) is 8.42 Å². The summed E-state index contributed by atoms with van der Waals surface area (Å²) in [5, 5.41) is 8.69. The highest BCUT2D eigenvalue weighted by molar-refractivity contribution is 7.92. The first-order chi connectivity index (χ1) is 9.72. The van der Waals surface area contributed by atoms with Crippen molar-refractivity contribution in [3.8, 4) is 0 Å². The highest BCUT2D eigenvalue weighted by atomic mass is 32.2. The van der Waals surface area contributed by atoms with Gasteiger partial charge >= 0.3 is 0 Å². The lowest BCUT2D eigenvalue weighted by Crippen LogP contribution is -2.13. The molecule has 0 unspecified atom stereocenters. The van der Waals surface area contributed by atoms with Crippen LogP contribution < -0.4 is 4.72 Å². The van der Waals surface area contributed by atoms with Gasteiger partial charge in [-0.05, 0) is 35.2 Å². The molecule has 2 aromatic rings. The van der Waals surface area contributed by atoms with E-state index in [4.69, 9.17) is 9.52 Å². The maximum atomic E-state index is 12.1. The molecule has 0 bridgehead atoms. The Morgan fingerprint density at radius 1 is 1.10 bits per heavy atom. The number of sulfonamides is 1. The first-order valence-corrected chi connectivity index (χ1v) is 8.03. The van der Waals surface area contributed by atoms with E-state index in [0.717, 1.165) is 5.56 Å². The van der Waals surface area contributed by atoms with Crippen molar-refractivity contribution < 1.29 is 17.9 Å². The van der Waals surface area contributed by atoms with Gasteiger partial charge in [-0.3, -0.25) is 4.72 Å². The van der Waals surface area contributed by atoms with Gasteiger partial charge in [-0.25, -0.2) is 0 Å². The Morgan fingerprint density at radius 2 is 1.71 bits per heavy atom. The normalized spacial score (nSPS) is 12.4. The summed E-state index contributed by atoms with van der Waals surface area (Å²) in [5.74, 6) is 0.207. The molecule has 0 fully saturated rings. The van der Waals surface area contributed by atoms with E-state index in [1.807, 2.05) is 12.1 Å². The first-order valence-electron chi connectivity index (χ1n) is 6.55. The lowest BCUT2D eigenvalue weighted by atomic mass is 9.87. The van der Waals surface area contributed by atoms with Crippen molar-refractivity contribution in [1.29, 1.82) is 0 Å². The summed E-state index contributed by atoms with van der Waals surface area (Å²) in [6, 6.07) is 9.95. The SMILES string of the molecule is CC(C)(C)c1ccc(NS(=O)(=O)c2ccc(CO)o2)cc1. The third-order valence-corrected chi connectivity index (χ3v) is 4.31. The number of furan rings is 1. The summed E-state index contributed by atoms with van der Waals surface area (Å²) in [7, 11) is -3.78. The Bertz CT molecular complexity index is 709. The highest BCUT2D eigenvalue weighted by Gasteiger charge is 2.19. The Kier molecular flexibility index (Phi) is 4.11. The summed E-state index contributed by atoms with van der Waals surface area (Å²) in [5.41, 5.74) is 1.59. The molecule has 0 saturated carbocycles. The fourth-order valence-corrected chi connectivity index (χ4v) is 2.84. The van der Waals surface area contributed by atoms with Crippen molar-refractivity contribution in [2.45, 2.75) is 37.9 Å². The minimum Gasteiger partial charge on any atom is -0.445 e. The average molecular weight is 309 g/mol. The Labute approximate surface area is 124 Å². The van der Waals surface area contributed by atoms with Crippen LogP contribution in [-0.2, 0) is 22.0 Å². The highest BCUT2D eigenvalue weighted by Crippen LogP contribution is 2.25. The van der Waals surface area contributed by atoms with Crippen LogP contribution in [-0.4, -0.2) is 13.5 Å². The standard InChI is InChI=1S/C15H19NO4S/c1-15(2,3)11-4-6-12(7-5-11)16-21(18,19)14-9-8-13(10-17)20-14/h4-9,16-17H,10H2,1-3H3. The van der Waals surface area contributed by atoms with Crippen LogP contribution in [0.2, 0.25) is 0 Å². The van der Waals surface area contributed by atoms with E-state index >= 15 is 0 Å². The van der Waals surface area contributed by atoms with Gasteiger partial charge in [0.1, 0.15) is 12.4 Å². The van der Waals surface area contributed by atoms with Crippen molar-refractivity contribution in [3.63, 3.8) is 0 Å². The molecule has 21 heavy (non-hydrogen) atoms. The zero-order chi connectivity index (χ0) is 15.7. The van der Waals surface area contributed by atoms with E-state index in [0.29, 0.717) is 5.69 Å². The third-order valence-electron chi connectivity index (χ3n) is 3.06. The quantitative estimate of drug-likeness (QED) is 0.910. The predicted octanol–water partition coefficient (Wildman–Crippen LogP) is 2.87. The van der Waals surface area contributed by atoms with Crippen LogP contribution in [0.3, 0.4) is 0 Å². The summed E-state index contributed by atoms with van der Waals surface area (Å²) < 4.78 is 31.7. The molecule has 0 aliphatic carbocycles. The lowest BCUT2D eigenvalue weighted by Gasteiger charge is -2.19. The summed E-state index contributed by atoms with van der Waals surface area (Å²) in [6.45, 7) is 5.93. The van der Waals surface area contributed by atoms with Crippen LogP contribution in [0.15, 0.2) is 45.9 Å². The number of aliphatic hydroxyl groups excluding tert-OH is 1. The minimum absolute atomic E-state index is 0.00838. The largest absolute Gasteiger partial charge is 0.445 e. The second-order valence-electron chi connectivity index (χ2n) is 5.81. The Balaban J connectivity index is 2.21. The van der Waals surface area contributed by atoms with Gasteiger partial charge in [0, 0.05) is 5.69 Å². The van der Waals surface area contributed by atoms with Crippen molar-refractivity contribution >= 4 is 15.7 Å². The molecule has 1 aromatic carbocycles. The number of hydrogen-bond acceptors (Lipinski definition) is 4. The molecule has 2 N–H and O–H groups in total. The number of benzene rings is 1. The fourth-order valence-electron chi connectivity index (χ4n) is 1.83. The number of aliphatic hydroxyl groups is 1. The second-order valence-corrected chi connectivity index (χ2v) is 7.43. The third kappa shape index (κ3) is 3.65. The van der Waals surface area contributed by atoms with Gasteiger partial charge in [0.2, 0.25) is 5.09 Å². The van der Waals surface area contributed by atoms with Crippen LogP contribution in [0.1, 0.15) is 32.1 Å². The van der Waals surface area contributed by atoms with Gasteiger partial charge in [-0.1, -0.05) is 32.9 Å². The van der Waals surface area contributed by atoms with E-state index in [1.54, 1.807) is 12.1 Å². The van der Waals surface area contributed by atoms with Crippen LogP contribution in [0, 0.1) is 0 Å². The molecule has 6 heteroatoms. The Morgan fingerprint density at radius 3 is 2.19 bits per heavy atom. The van der Waals surface area contributed by atoms with E-state index in [-0.39, 0.29) is 22.9 Å². The molecule has 2 rings (SSSR count). The summed E-state index contributed by atoms with van der Waals surface area (Å²) >= 11 is 0. The van der Waals surface area contributed by atoms with Gasteiger partial charge in [0.15, 0.2) is 0 Å². The van der Waals surface area contributed by atoms with E-state index in [2.05, 4.69) is 25.5 Å². The van der Waals surface area contributed by atoms with Gasteiger partial charge < -0.3 is 9.52 Å². The molecule has 0 spiro atoms. The fraction of sp³-hybridized carbons (Fsp3) is 0.333. The molecular weight excluding hydrogens is 290 g/mol. The maximum absolute atomic E-state index is 12.1. The van der Waals surface area contributed by atoms with E-state index in [1.165, 1.54) is 12.1 Å². The number of anilines is 1. The molecular formula is C15H19NO4S. The monoisotopic (exact) mass is 309 g/mol. The van der Waals surface area contributed by atoms with Crippen LogP contribution >= 0.6 is 0 Å². The number of rotatable bonds is 4. The van der Waals surface area contributed by atoms with Gasteiger partial charge in [0.25, 0.3) is 10.0 Å². The molecule has 0 saturated heterocycles. The molecule has 5 nitrogen and oxygen atoms in total. The van der Waals surface area contributed by atoms with Gasteiger partial charge in [0.05, 0.1) is 0 Å². The van der Waals surface area contributed by atoms with Crippen molar-refractivity contribution in [2.75, 3.05) is 4.72 Å². The maximum Gasteiger partial charge on any atom is 0.295 e. The van der Waals surface area contributed by atoms with Crippen molar-refractivity contribution in [3.05, 3.63) is 47.7 Å². The van der Waals surface area contributed by atoms with Crippen LogP contribution in [0.5, 0.6) is 0 Å². The molecule has 1 heterocycles. The number of hydrogen-bond donors (Lipinski definition) is 2. The molecule has 0 aliphatic heterocycles. The molecule has 0 atom stereocenters. The van der Waals surface area contributed by atoms with Crippen molar-refractivity contribution in [1.82, 2.24) is 0 Å². The second kappa shape index (κ2) is 5.54. The molecule has 0 amide bonds. The zero-order valence-corrected chi connectivity index (χ0v) is 13.1. The smallest absolute Gasteiger partial charge is 0.295 e. The lowest BCUT2D eigenvalue weighted by molar-refractivity contribution is 0.236. The average Bonchev–Trinajstić information content (AvgIpc) is 2.87. The van der Waals surface area contributed by atoms with Crippen LogP contribution in [0.25, 0.3) is 0 Å². The molecule has 114 valence electrons. The Hall–Kier alpha value is -1.79.